The SMILES string of the molecule is C.C.C=CCS(=O)Cl.C=CCS(C)=O.CS(=O)/C=C/CCl.CS(=O)/C=C/CS.CSC/C=C/S(C)=O. The van der Waals surface area contributed by atoms with Gasteiger partial charge in [-0.1, -0.05) is 45.2 Å². The Bertz CT molecular complexity index is 640. The van der Waals surface area contributed by atoms with E-state index in [0.29, 0.717) is 23.1 Å². The Labute approximate surface area is 253 Å². The first kappa shape index (κ1) is 53.1. The zero-order valence-corrected chi connectivity index (χ0v) is 27.6. The number of thioether (sulfide) groups is 1. The maximum atomic E-state index is 10.3. The van der Waals surface area contributed by atoms with E-state index in [1.165, 1.54) is 6.08 Å². The van der Waals surface area contributed by atoms with Gasteiger partial charge in [0.2, 0.25) is 0 Å². The molecule has 0 rings (SSSR count). The van der Waals surface area contributed by atoms with Crippen molar-refractivity contribution in [3.63, 3.8) is 0 Å². The lowest BCUT2D eigenvalue weighted by molar-refractivity contribution is 0.688. The number of thiol groups is 1. The van der Waals surface area contributed by atoms with E-state index in [2.05, 4.69) is 25.8 Å². The summed E-state index contributed by atoms with van der Waals surface area (Å²) in [4.78, 5) is 0. The number of hydrogen-bond donors (Lipinski definition) is 1. The zero-order chi connectivity index (χ0) is 27.8. The van der Waals surface area contributed by atoms with E-state index >= 15 is 0 Å². The van der Waals surface area contributed by atoms with Gasteiger partial charge in [-0.2, -0.15) is 24.4 Å². The Morgan fingerprint density at radius 2 is 1.17 bits per heavy atom. The summed E-state index contributed by atoms with van der Waals surface area (Å²) >= 11 is 10.8. The highest BCUT2D eigenvalue weighted by molar-refractivity contribution is 8.08. The summed E-state index contributed by atoms with van der Waals surface area (Å²) in [6, 6.07) is 0. The highest BCUT2D eigenvalue weighted by Gasteiger charge is 1.81. The van der Waals surface area contributed by atoms with E-state index in [1.54, 1.807) is 71.2 Å². The Kier molecular flexibility index (Phi) is 71.9. The van der Waals surface area contributed by atoms with E-state index < -0.39 is 53.2 Å². The molecule has 5 atom stereocenters. The van der Waals surface area contributed by atoms with Crippen molar-refractivity contribution in [3.8, 4) is 0 Å². The van der Waals surface area contributed by atoms with Crippen LogP contribution in [0.25, 0.3) is 0 Å². The minimum Gasteiger partial charge on any atom is -0.260 e. The van der Waals surface area contributed by atoms with Crippen molar-refractivity contribution < 1.29 is 21.0 Å². The normalized spacial score (nSPS) is 13.7. The first-order valence-corrected chi connectivity index (χ1v) is 20.3. The first-order chi connectivity index (χ1) is 15.9. The second-order valence-corrected chi connectivity index (χ2v) is 14.0. The quantitative estimate of drug-likeness (QED) is 0.123. The molecule has 5 unspecified atom stereocenters. The fourth-order valence-electron chi connectivity index (χ4n) is 0.880. The van der Waals surface area contributed by atoms with Crippen molar-refractivity contribution in [2.45, 2.75) is 14.9 Å². The fourth-order valence-corrected chi connectivity index (χ4v) is 3.62. The van der Waals surface area contributed by atoms with E-state index in [9.17, 15) is 21.0 Å². The van der Waals surface area contributed by atoms with Gasteiger partial charge >= 0.3 is 0 Å². The molecule has 0 aromatic carbocycles. The van der Waals surface area contributed by atoms with Crippen LogP contribution in [0, 0.1) is 0 Å². The van der Waals surface area contributed by atoms with Crippen LogP contribution in [0.2, 0.25) is 0 Å². The Hall–Kier alpha value is 0.730. The van der Waals surface area contributed by atoms with Gasteiger partial charge in [0, 0.05) is 91.4 Å². The van der Waals surface area contributed by atoms with Crippen LogP contribution < -0.4 is 0 Å². The first-order valence-electron chi connectivity index (χ1n) is 9.04. The van der Waals surface area contributed by atoms with Crippen molar-refractivity contribution in [2.75, 3.05) is 60.2 Å². The van der Waals surface area contributed by atoms with Crippen LogP contribution in [0.1, 0.15) is 14.9 Å². The molecule has 0 amide bonds. The van der Waals surface area contributed by atoms with Gasteiger partial charge in [-0.15, -0.1) is 24.8 Å². The molecule has 0 heterocycles. The smallest absolute Gasteiger partial charge is 0.118 e. The third-order valence-corrected chi connectivity index (χ3v) is 6.15. The minimum atomic E-state index is -1.21. The number of halogens is 2. The predicted molar refractivity (Wildman–Crippen MR) is 184 cm³/mol. The molecule has 5 nitrogen and oxygen atoms in total. The van der Waals surface area contributed by atoms with Crippen molar-refractivity contribution in [1.29, 1.82) is 0 Å². The molecule has 0 spiro atoms. The van der Waals surface area contributed by atoms with Crippen LogP contribution in [0.5, 0.6) is 0 Å². The molecular weight excluding hydrogens is 640 g/mol. The Morgan fingerprint density at radius 3 is 1.31 bits per heavy atom. The molecular formula is C22H46Cl2O5S7. The molecule has 0 aromatic rings. The summed E-state index contributed by atoms with van der Waals surface area (Å²) < 4.78 is 50.6. The van der Waals surface area contributed by atoms with Crippen LogP contribution in [0.4, 0.5) is 0 Å². The van der Waals surface area contributed by atoms with E-state index in [-0.39, 0.29) is 14.9 Å². The molecule has 0 saturated carbocycles. The molecule has 0 fully saturated rings. The average Bonchev–Trinajstić information content (AvgIpc) is 2.72. The molecule has 0 aliphatic heterocycles. The van der Waals surface area contributed by atoms with E-state index in [1.807, 2.05) is 12.3 Å². The van der Waals surface area contributed by atoms with Gasteiger partial charge in [0.25, 0.3) is 0 Å². The maximum absolute atomic E-state index is 10.3. The van der Waals surface area contributed by atoms with E-state index in [0.717, 1.165) is 5.75 Å². The molecule has 0 saturated heterocycles. The highest BCUT2D eigenvalue weighted by atomic mass is 35.7. The molecule has 0 aliphatic rings. The lowest BCUT2D eigenvalue weighted by Crippen LogP contribution is -1.86. The second-order valence-electron chi connectivity index (χ2n) is 5.18. The lowest BCUT2D eigenvalue weighted by Gasteiger charge is -1.81. The summed E-state index contributed by atoms with van der Waals surface area (Å²) in [5.41, 5.74) is 0. The zero-order valence-electron chi connectivity index (χ0n) is 20.3. The summed E-state index contributed by atoms with van der Waals surface area (Å²) in [5.74, 6) is 3.06. The van der Waals surface area contributed by atoms with Crippen molar-refractivity contribution in [2.24, 2.45) is 0 Å². The van der Waals surface area contributed by atoms with E-state index in [4.69, 9.17) is 22.3 Å². The summed E-state index contributed by atoms with van der Waals surface area (Å²) in [6.45, 7) is 6.73. The van der Waals surface area contributed by atoms with Crippen LogP contribution >= 0.6 is 46.7 Å². The highest BCUT2D eigenvalue weighted by Crippen LogP contribution is 1.91. The van der Waals surface area contributed by atoms with Crippen LogP contribution in [0.3, 0.4) is 0 Å². The maximum Gasteiger partial charge on any atom is 0.118 e. The molecule has 0 radical (unpaired) electrons. The molecule has 0 bridgehead atoms. The van der Waals surface area contributed by atoms with Crippen LogP contribution in [-0.2, 0) is 53.2 Å². The third kappa shape index (κ3) is 102. The monoisotopic (exact) mass is 684 g/mol. The second kappa shape index (κ2) is 48.8. The summed E-state index contributed by atoms with van der Waals surface area (Å²) in [6.07, 6.45) is 17.1. The van der Waals surface area contributed by atoms with Gasteiger partial charge in [0.05, 0.1) is 5.75 Å². The van der Waals surface area contributed by atoms with Crippen molar-refractivity contribution >= 4 is 99.9 Å². The van der Waals surface area contributed by atoms with Gasteiger partial charge in [0.1, 0.15) is 10.0 Å². The topological polar surface area (TPSA) is 85.3 Å². The van der Waals surface area contributed by atoms with Crippen LogP contribution in [-0.4, -0.2) is 81.2 Å². The standard InChI is InChI=1S/C5H10OS2.C4H7ClOS.C4H8OS2.C4H8OS.C3H5ClOS.2CH4/c1-7-4-3-5-8(2)6;1-7(6)4-2-3-5;1-7(5)4-2-3-6;1-3-4-6(2)5;1-2-3-6(4)5;;/h3,5H,4H2,1-2H3;2,4H,3H2,1H3;2,4,6H,3H2,1H3;3H,1,4H2,2H3;2H,1,3H2;2*1H4/b5-3+;2*4-2+;;;;. The molecule has 36 heavy (non-hydrogen) atoms. The number of allylic oxidation sites excluding steroid dienone is 1. The van der Waals surface area contributed by atoms with Crippen LogP contribution in [0.15, 0.2) is 59.8 Å². The minimum absolute atomic E-state index is 0. The number of alkyl halides is 1. The predicted octanol–water partition coefficient (Wildman–Crippen LogP) is 6.07. The summed E-state index contributed by atoms with van der Waals surface area (Å²) in [5, 5.41) is 4.89. The molecule has 0 aliphatic carbocycles. The fraction of sp³-hybridized carbons (Fsp3) is 0.545. The molecule has 220 valence electrons. The largest absolute Gasteiger partial charge is 0.260 e. The van der Waals surface area contributed by atoms with Crippen molar-refractivity contribution in [1.82, 2.24) is 0 Å². The average molecular weight is 686 g/mol. The number of rotatable bonds is 11. The number of hydrogen-bond acceptors (Lipinski definition) is 7. The Balaban J connectivity index is -0.0000000578. The lowest BCUT2D eigenvalue weighted by atomic mass is 10.8. The third-order valence-electron chi connectivity index (χ3n) is 1.92. The van der Waals surface area contributed by atoms with Crippen molar-refractivity contribution in [3.05, 3.63) is 59.8 Å². The Morgan fingerprint density at radius 1 is 0.778 bits per heavy atom. The van der Waals surface area contributed by atoms with Gasteiger partial charge in [-0.3, -0.25) is 16.8 Å². The van der Waals surface area contributed by atoms with Gasteiger partial charge < -0.3 is 0 Å². The van der Waals surface area contributed by atoms with Gasteiger partial charge in [0.15, 0.2) is 0 Å². The van der Waals surface area contributed by atoms with Gasteiger partial charge in [-0.25, -0.2) is 4.21 Å². The molecule has 0 N–H and O–H groups in total. The summed E-state index contributed by atoms with van der Waals surface area (Å²) in [7, 11) is 0.698. The van der Waals surface area contributed by atoms with Gasteiger partial charge in [-0.05, 0) is 33.2 Å². The molecule has 0 aromatic heterocycles. The molecule has 14 heteroatoms.